The molecule has 2 aliphatic heterocycles. The van der Waals surface area contributed by atoms with Crippen molar-refractivity contribution in [2.75, 3.05) is 0 Å². The van der Waals surface area contributed by atoms with Gasteiger partial charge in [-0.1, -0.05) is 99.2 Å². The molecule has 0 N–H and O–H groups in total. The Morgan fingerprint density at radius 1 is 0.773 bits per heavy atom. The number of rotatable bonds is 2. The van der Waals surface area contributed by atoms with Gasteiger partial charge in [0.2, 0.25) is 0 Å². The third-order valence-corrected chi connectivity index (χ3v) is 50.9. The number of fused-ring (bicyclic) bond motifs is 1. The van der Waals surface area contributed by atoms with E-state index in [1.54, 1.807) is 17.3 Å². The van der Waals surface area contributed by atoms with Crippen molar-refractivity contribution < 1.29 is 0 Å². The second-order valence-corrected chi connectivity index (χ2v) is 35.1. The van der Waals surface area contributed by atoms with E-state index in [0.717, 1.165) is 0 Å². The van der Waals surface area contributed by atoms with Crippen LogP contribution in [0.3, 0.4) is 0 Å². The maximum absolute atomic E-state index is 7.71. The molecule has 0 aromatic heterocycles. The lowest BCUT2D eigenvalue weighted by molar-refractivity contribution is 0.744. The SMILES string of the molecule is C[Si](C)(c1ccccc1)[Si]12CCCCC[Si]1(Cl)CCCCC2. The van der Waals surface area contributed by atoms with Gasteiger partial charge >= 0.3 is 0 Å². The Balaban J connectivity index is 2.11. The number of hydrogen-bond donors (Lipinski definition) is 0. The standard InChI is InChI=1S/C18H31ClSi3/c1-20(2,18-12-6-3-7-13-18)22-16-10-4-8-14-21(22,19)15-9-5-11-17-22/h3,6-7,12-13H,4-5,8-11,14-17H2,1-2H3. The van der Waals surface area contributed by atoms with Gasteiger partial charge in [-0.3, -0.25) is 0 Å². The molecule has 0 spiro atoms. The van der Waals surface area contributed by atoms with E-state index >= 15 is 0 Å². The van der Waals surface area contributed by atoms with Crippen LogP contribution in [0.4, 0.5) is 0 Å². The van der Waals surface area contributed by atoms with E-state index in [-0.39, 0.29) is 0 Å². The minimum Gasteiger partial charge on any atom is -0.171 e. The normalized spacial score (nSPS) is 33.6. The van der Waals surface area contributed by atoms with Crippen LogP contribution in [0, 0.1) is 0 Å². The first-order chi connectivity index (χ1) is 10.5. The van der Waals surface area contributed by atoms with Gasteiger partial charge in [0, 0.05) is 0 Å². The zero-order valence-corrected chi connectivity index (χ0v) is 18.1. The minimum atomic E-state index is -1.55. The van der Waals surface area contributed by atoms with Gasteiger partial charge in [0.25, 0.3) is 0 Å². The average Bonchev–Trinajstić information content (AvgIpc) is 2.78. The predicted octanol–water partition coefficient (Wildman–Crippen LogP) is 5.76. The summed E-state index contributed by atoms with van der Waals surface area (Å²) in [5.74, 6) is 0. The summed E-state index contributed by atoms with van der Waals surface area (Å²) in [5, 5.41) is 1.71. The van der Waals surface area contributed by atoms with Crippen molar-refractivity contribution in [3.05, 3.63) is 30.3 Å². The van der Waals surface area contributed by atoms with E-state index < -0.39 is 21.6 Å². The van der Waals surface area contributed by atoms with Crippen molar-refractivity contribution in [1.82, 2.24) is 0 Å². The summed E-state index contributed by atoms with van der Waals surface area (Å²) in [4.78, 5) is 0. The molecule has 122 valence electrons. The molecule has 0 nitrogen and oxygen atoms in total. The van der Waals surface area contributed by atoms with E-state index in [2.05, 4.69) is 43.4 Å². The number of benzene rings is 1. The van der Waals surface area contributed by atoms with Gasteiger partial charge in [-0.05, 0) is 12.1 Å². The first kappa shape index (κ1) is 17.0. The van der Waals surface area contributed by atoms with Crippen LogP contribution in [0.25, 0.3) is 0 Å². The molecule has 4 heteroatoms. The molecular weight excluding hydrogens is 336 g/mol. The minimum absolute atomic E-state index is 1.35. The maximum atomic E-state index is 7.71. The molecule has 0 saturated carbocycles. The van der Waals surface area contributed by atoms with Crippen LogP contribution in [0.15, 0.2) is 30.3 Å². The molecule has 0 radical (unpaired) electrons. The van der Waals surface area contributed by atoms with Gasteiger partial charge in [-0.2, -0.15) is 11.1 Å². The van der Waals surface area contributed by atoms with E-state index in [1.165, 1.54) is 50.6 Å². The molecule has 1 aromatic carbocycles. The molecule has 0 aliphatic carbocycles. The zero-order chi connectivity index (χ0) is 15.7. The predicted molar refractivity (Wildman–Crippen MR) is 108 cm³/mol. The van der Waals surface area contributed by atoms with Crippen molar-refractivity contribution in [3.8, 4) is 0 Å². The molecule has 0 bridgehead atoms. The van der Waals surface area contributed by atoms with E-state index in [0.29, 0.717) is 0 Å². The summed E-state index contributed by atoms with van der Waals surface area (Å²) < 4.78 is 0. The molecule has 0 atom stereocenters. The summed E-state index contributed by atoms with van der Waals surface area (Å²) in [5.41, 5.74) is 0. The summed E-state index contributed by atoms with van der Waals surface area (Å²) in [6, 6.07) is 17.6. The molecule has 1 aromatic rings. The average molecular weight is 367 g/mol. The van der Waals surface area contributed by atoms with Crippen LogP contribution in [0.2, 0.25) is 37.3 Å². The van der Waals surface area contributed by atoms with E-state index in [9.17, 15) is 0 Å². The second kappa shape index (κ2) is 6.58. The monoisotopic (exact) mass is 366 g/mol. The lowest BCUT2D eigenvalue weighted by atomic mass is 10.3. The van der Waals surface area contributed by atoms with Crippen LogP contribution in [0.5, 0.6) is 0 Å². The lowest BCUT2D eigenvalue weighted by Gasteiger charge is -2.52. The molecule has 3 rings (SSSR count). The van der Waals surface area contributed by atoms with Gasteiger partial charge in [0.15, 0.2) is 0 Å². The molecule has 0 unspecified atom stereocenters. The molecule has 22 heavy (non-hydrogen) atoms. The molecule has 2 fully saturated rings. The molecular formula is C18H31ClSi3. The maximum Gasteiger partial charge on any atom is 0.145 e. The molecule has 2 saturated heterocycles. The highest BCUT2D eigenvalue weighted by molar-refractivity contribution is 7.80. The van der Waals surface area contributed by atoms with Crippen molar-refractivity contribution >= 4 is 37.9 Å². The highest BCUT2D eigenvalue weighted by atomic mass is 35.6. The van der Waals surface area contributed by atoms with Gasteiger partial charge in [-0.15, -0.1) is 0 Å². The van der Waals surface area contributed by atoms with Crippen molar-refractivity contribution in [1.29, 1.82) is 0 Å². The number of hydrogen-bond acceptors (Lipinski definition) is 0. The Kier molecular flexibility index (Phi) is 5.08. The van der Waals surface area contributed by atoms with Crippen LogP contribution < -0.4 is 5.19 Å². The lowest BCUT2D eigenvalue weighted by Crippen LogP contribution is -2.77. The topological polar surface area (TPSA) is 0 Å². The molecule has 2 heterocycles. The van der Waals surface area contributed by atoms with Crippen molar-refractivity contribution in [2.24, 2.45) is 0 Å². The summed E-state index contributed by atoms with van der Waals surface area (Å²) in [6.07, 6.45) is 8.74. The van der Waals surface area contributed by atoms with Gasteiger partial charge in [0.1, 0.15) is 6.90 Å². The van der Waals surface area contributed by atoms with Crippen LogP contribution in [-0.2, 0) is 0 Å². The highest BCUT2D eigenvalue weighted by Gasteiger charge is 2.62. The Hall–Kier alpha value is 0.161. The van der Waals surface area contributed by atoms with Gasteiger partial charge in [-0.25, -0.2) is 0 Å². The first-order valence-corrected chi connectivity index (χ1v) is 20.1. The fraction of sp³-hybridized carbons (Fsp3) is 0.667. The first-order valence-electron chi connectivity index (χ1n) is 9.26. The Labute approximate surface area is 144 Å². The number of halogens is 1. The third kappa shape index (κ3) is 2.72. The Bertz CT molecular complexity index is 486. The summed E-state index contributed by atoms with van der Waals surface area (Å²) in [7, 11) is -2.78. The molecule has 0 amide bonds. The largest absolute Gasteiger partial charge is 0.171 e. The van der Waals surface area contributed by atoms with Crippen LogP contribution in [-0.4, -0.2) is 21.6 Å². The van der Waals surface area contributed by atoms with Crippen LogP contribution in [0.1, 0.15) is 38.5 Å². The van der Waals surface area contributed by atoms with Crippen molar-refractivity contribution in [2.45, 2.75) is 75.8 Å². The summed E-state index contributed by atoms with van der Waals surface area (Å²) >= 11 is 7.71. The zero-order valence-electron chi connectivity index (χ0n) is 14.3. The molecule has 2 aliphatic rings. The third-order valence-electron chi connectivity index (χ3n) is 6.90. The summed E-state index contributed by atoms with van der Waals surface area (Å²) in [6.45, 7) is 3.86. The van der Waals surface area contributed by atoms with Crippen molar-refractivity contribution in [3.63, 3.8) is 0 Å². The Morgan fingerprint density at radius 3 is 1.82 bits per heavy atom. The Morgan fingerprint density at radius 2 is 1.27 bits per heavy atom. The smallest absolute Gasteiger partial charge is 0.145 e. The van der Waals surface area contributed by atoms with Gasteiger partial charge in [0.05, 0.1) is 14.7 Å². The highest BCUT2D eigenvalue weighted by Crippen LogP contribution is 2.49. The fourth-order valence-electron chi connectivity index (χ4n) is 5.51. The van der Waals surface area contributed by atoms with Crippen LogP contribution >= 0.6 is 11.1 Å². The fourth-order valence-corrected chi connectivity index (χ4v) is 55.7. The van der Waals surface area contributed by atoms with E-state index in [1.807, 2.05) is 0 Å². The quantitative estimate of drug-likeness (QED) is 0.461. The van der Waals surface area contributed by atoms with Gasteiger partial charge < -0.3 is 0 Å². The van der Waals surface area contributed by atoms with E-state index in [4.69, 9.17) is 11.1 Å². The second-order valence-electron chi connectivity index (χ2n) is 8.16.